The number of likely N-dealkylation sites (tertiary alicyclic amines) is 1. The zero-order valence-electron chi connectivity index (χ0n) is 12.1. The third-order valence-corrected chi connectivity index (χ3v) is 4.40. The summed E-state index contributed by atoms with van der Waals surface area (Å²) >= 11 is 0. The predicted molar refractivity (Wildman–Crippen MR) is 72.8 cm³/mol. The normalized spacial score (nSPS) is 24.7. The van der Waals surface area contributed by atoms with Crippen molar-refractivity contribution in [3.05, 3.63) is 29.6 Å². The molecule has 2 atom stereocenters. The van der Waals surface area contributed by atoms with E-state index in [0.717, 1.165) is 23.3 Å². The first-order valence-corrected chi connectivity index (χ1v) is 7.32. The van der Waals surface area contributed by atoms with Gasteiger partial charge >= 0.3 is 12.1 Å². The van der Waals surface area contributed by atoms with Crippen molar-refractivity contribution in [1.29, 1.82) is 0 Å². The summed E-state index contributed by atoms with van der Waals surface area (Å²) < 4.78 is 38.8. The maximum absolute atomic E-state index is 12.9. The van der Waals surface area contributed by atoms with Gasteiger partial charge in [0, 0.05) is 19.3 Å². The number of carboxylic acids is 1. The van der Waals surface area contributed by atoms with Crippen molar-refractivity contribution in [2.24, 2.45) is 11.8 Å². The first-order chi connectivity index (χ1) is 10.8. The number of carboxylic acid groups (broad SMARTS) is 1. The molecule has 0 radical (unpaired) electrons. The number of rotatable bonds is 3. The molecule has 1 N–H and O–H groups in total. The second-order valence-electron chi connectivity index (χ2n) is 6.05. The van der Waals surface area contributed by atoms with Crippen LogP contribution in [0.15, 0.2) is 18.3 Å². The van der Waals surface area contributed by atoms with E-state index in [2.05, 4.69) is 4.98 Å². The van der Waals surface area contributed by atoms with Crippen molar-refractivity contribution in [2.75, 3.05) is 13.1 Å². The van der Waals surface area contributed by atoms with Crippen molar-refractivity contribution in [3.63, 3.8) is 0 Å². The minimum Gasteiger partial charge on any atom is -0.481 e. The highest BCUT2D eigenvalue weighted by atomic mass is 19.4. The maximum Gasteiger partial charge on any atom is 0.394 e. The van der Waals surface area contributed by atoms with E-state index in [1.807, 2.05) is 0 Å². The average molecular weight is 328 g/mol. The van der Waals surface area contributed by atoms with Crippen LogP contribution in [0.1, 0.15) is 34.8 Å². The van der Waals surface area contributed by atoms with Gasteiger partial charge in [0.25, 0.3) is 5.91 Å². The highest BCUT2D eigenvalue weighted by Gasteiger charge is 2.53. The van der Waals surface area contributed by atoms with E-state index < -0.39 is 43.0 Å². The van der Waals surface area contributed by atoms with Crippen molar-refractivity contribution in [2.45, 2.75) is 24.9 Å². The van der Waals surface area contributed by atoms with Crippen LogP contribution in [0.2, 0.25) is 0 Å². The van der Waals surface area contributed by atoms with Crippen LogP contribution >= 0.6 is 0 Å². The number of halogens is 3. The van der Waals surface area contributed by atoms with Crippen molar-refractivity contribution in [1.82, 2.24) is 9.88 Å². The molecule has 124 valence electrons. The smallest absolute Gasteiger partial charge is 0.394 e. The number of hydrogen-bond acceptors (Lipinski definition) is 3. The molecule has 1 aromatic heterocycles. The van der Waals surface area contributed by atoms with E-state index in [-0.39, 0.29) is 5.69 Å². The summed E-state index contributed by atoms with van der Waals surface area (Å²) in [5, 5.41) is 8.97. The van der Waals surface area contributed by atoms with Gasteiger partial charge in [-0.2, -0.15) is 13.2 Å². The Bertz CT molecular complexity index is 626. The van der Waals surface area contributed by atoms with Gasteiger partial charge in [-0.05, 0) is 30.4 Å². The lowest BCUT2D eigenvalue weighted by atomic mass is 9.96. The molecule has 1 aliphatic heterocycles. The first kappa shape index (κ1) is 15.8. The second kappa shape index (κ2) is 5.50. The number of carbonyl (C=O) groups is 2. The fourth-order valence-corrected chi connectivity index (χ4v) is 2.90. The minimum absolute atomic E-state index is 0.0429. The van der Waals surface area contributed by atoms with Crippen LogP contribution in [-0.4, -0.2) is 46.1 Å². The number of amides is 1. The average Bonchev–Trinajstić information content (AvgIpc) is 3.22. The number of carbonyl (C=O) groups excluding carboxylic acids is 1. The number of alkyl halides is 3. The van der Waals surface area contributed by atoms with Gasteiger partial charge in [-0.3, -0.25) is 14.6 Å². The Morgan fingerprint density at radius 2 is 1.91 bits per heavy atom. The summed E-state index contributed by atoms with van der Waals surface area (Å²) in [5.41, 5.74) is 1.06. The van der Waals surface area contributed by atoms with Crippen LogP contribution in [0.4, 0.5) is 13.2 Å². The SMILES string of the molecule is O=C(O)[C@@H]1CN(C(=O)c2ccc(C3CC3)cn2)C[C@H]1C(F)(F)F. The summed E-state index contributed by atoms with van der Waals surface area (Å²) in [6.07, 6.45) is -0.929. The number of pyridine rings is 1. The largest absolute Gasteiger partial charge is 0.481 e. The molecule has 2 heterocycles. The van der Waals surface area contributed by atoms with Crippen LogP contribution in [0, 0.1) is 11.8 Å². The molecule has 0 bridgehead atoms. The first-order valence-electron chi connectivity index (χ1n) is 7.32. The van der Waals surface area contributed by atoms with Crippen LogP contribution in [0.25, 0.3) is 0 Å². The van der Waals surface area contributed by atoms with Crippen LogP contribution in [0.3, 0.4) is 0 Å². The van der Waals surface area contributed by atoms with E-state index in [1.54, 1.807) is 12.3 Å². The molecule has 3 rings (SSSR count). The standard InChI is InChI=1S/C15H15F3N2O3/c16-15(17,18)11-7-20(6-10(11)14(22)23)13(21)12-4-3-9(5-19-12)8-1-2-8/h3-5,8,10-11H,1-2,6-7H2,(H,22,23)/t10-,11-/m1/s1. The number of aliphatic carboxylic acids is 1. The molecule has 23 heavy (non-hydrogen) atoms. The van der Waals surface area contributed by atoms with Gasteiger partial charge in [0.05, 0.1) is 11.8 Å². The molecule has 1 aliphatic carbocycles. The zero-order valence-corrected chi connectivity index (χ0v) is 12.1. The van der Waals surface area contributed by atoms with Crippen LogP contribution < -0.4 is 0 Å². The fraction of sp³-hybridized carbons (Fsp3) is 0.533. The molecule has 1 amide bonds. The molecule has 8 heteroatoms. The Balaban J connectivity index is 1.75. The monoisotopic (exact) mass is 328 g/mol. The second-order valence-corrected chi connectivity index (χ2v) is 6.05. The van der Waals surface area contributed by atoms with Gasteiger partial charge in [0.2, 0.25) is 0 Å². The summed E-state index contributed by atoms with van der Waals surface area (Å²) in [6, 6.07) is 3.25. The van der Waals surface area contributed by atoms with Crippen LogP contribution in [-0.2, 0) is 4.79 Å². The lowest BCUT2D eigenvalue weighted by Crippen LogP contribution is -2.34. The molecular weight excluding hydrogens is 313 g/mol. The Labute approximate surface area is 130 Å². The third-order valence-electron chi connectivity index (χ3n) is 4.40. The lowest BCUT2D eigenvalue weighted by molar-refractivity contribution is -0.187. The molecule has 1 saturated heterocycles. The molecule has 5 nitrogen and oxygen atoms in total. The van der Waals surface area contributed by atoms with Crippen molar-refractivity contribution < 1.29 is 27.9 Å². The Morgan fingerprint density at radius 3 is 2.35 bits per heavy atom. The fourth-order valence-electron chi connectivity index (χ4n) is 2.90. The Kier molecular flexibility index (Phi) is 3.77. The minimum atomic E-state index is -4.65. The van der Waals surface area contributed by atoms with Gasteiger partial charge in [0.1, 0.15) is 5.69 Å². The van der Waals surface area contributed by atoms with Gasteiger partial charge in [-0.1, -0.05) is 6.07 Å². The molecule has 0 unspecified atom stereocenters. The highest BCUT2D eigenvalue weighted by molar-refractivity contribution is 5.93. The highest BCUT2D eigenvalue weighted by Crippen LogP contribution is 2.40. The zero-order chi connectivity index (χ0) is 16.8. The molecule has 2 aliphatic rings. The Hall–Kier alpha value is -2.12. The molecule has 1 saturated carbocycles. The summed E-state index contributed by atoms with van der Waals surface area (Å²) in [5.74, 6) is -5.42. The van der Waals surface area contributed by atoms with E-state index in [1.165, 1.54) is 6.07 Å². The summed E-state index contributed by atoms with van der Waals surface area (Å²) in [6.45, 7) is -1.10. The van der Waals surface area contributed by atoms with Gasteiger partial charge in [0.15, 0.2) is 0 Å². The quantitative estimate of drug-likeness (QED) is 0.924. The summed E-state index contributed by atoms with van der Waals surface area (Å²) in [7, 11) is 0. The van der Waals surface area contributed by atoms with Crippen LogP contribution in [0.5, 0.6) is 0 Å². The molecule has 0 aromatic carbocycles. The summed E-state index contributed by atoms with van der Waals surface area (Å²) in [4.78, 5) is 28.3. The predicted octanol–water partition coefficient (Wildman–Crippen LogP) is 2.29. The van der Waals surface area contributed by atoms with E-state index in [9.17, 15) is 22.8 Å². The maximum atomic E-state index is 12.9. The van der Waals surface area contributed by atoms with Gasteiger partial charge < -0.3 is 10.0 Å². The van der Waals surface area contributed by atoms with Crippen molar-refractivity contribution >= 4 is 11.9 Å². The molecule has 2 fully saturated rings. The van der Waals surface area contributed by atoms with Crippen molar-refractivity contribution in [3.8, 4) is 0 Å². The molecule has 1 aromatic rings. The number of aromatic nitrogens is 1. The van der Waals surface area contributed by atoms with Gasteiger partial charge in [-0.25, -0.2) is 0 Å². The molecule has 0 spiro atoms. The number of nitrogens with zero attached hydrogens (tertiary/aromatic N) is 2. The third kappa shape index (κ3) is 3.16. The lowest BCUT2D eigenvalue weighted by Gasteiger charge is -2.18. The van der Waals surface area contributed by atoms with E-state index >= 15 is 0 Å². The van der Waals surface area contributed by atoms with E-state index in [0.29, 0.717) is 5.92 Å². The van der Waals surface area contributed by atoms with Gasteiger partial charge in [-0.15, -0.1) is 0 Å². The number of hydrogen-bond donors (Lipinski definition) is 1. The topological polar surface area (TPSA) is 70.5 Å². The van der Waals surface area contributed by atoms with E-state index in [4.69, 9.17) is 5.11 Å². The molecular formula is C15H15F3N2O3. The Morgan fingerprint density at radius 1 is 1.22 bits per heavy atom.